The lowest BCUT2D eigenvalue weighted by Crippen LogP contribution is -2.26. The summed E-state index contributed by atoms with van der Waals surface area (Å²) < 4.78 is 5.09. The molecule has 2 aromatic rings. The van der Waals surface area contributed by atoms with Crippen LogP contribution in [0.1, 0.15) is 25.3 Å². The van der Waals surface area contributed by atoms with Crippen molar-refractivity contribution in [2.75, 3.05) is 17.2 Å². The monoisotopic (exact) mass is 369 g/mol. The number of carbonyl (C=O) groups excluding carboxylic acids is 3. The molecule has 0 spiro atoms. The van der Waals surface area contributed by atoms with E-state index in [1.165, 1.54) is 6.92 Å². The van der Waals surface area contributed by atoms with Gasteiger partial charge in [0.05, 0.1) is 0 Å². The molecule has 0 saturated carbocycles. The molecule has 0 unspecified atom stereocenters. The Bertz CT molecular complexity index is 761. The van der Waals surface area contributed by atoms with Gasteiger partial charge in [0.15, 0.2) is 0 Å². The van der Waals surface area contributed by atoms with Crippen LogP contribution < -0.4 is 16.0 Å². The quantitative estimate of drug-likeness (QED) is 0.622. The summed E-state index contributed by atoms with van der Waals surface area (Å²) in [5.41, 5.74) is 2.22. The molecule has 3 N–H and O–H groups in total. The zero-order valence-corrected chi connectivity index (χ0v) is 15.2. The average Bonchev–Trinajstić information content (AvgIpc) is 2.65. The molecule has 7 nitrogen and oxygen atoms in total. The van der Waals surface area contributed by atoms with Crippen LogP contribution in [0.15, 0.2) is 54.6 Å². The van der Waals surface area contributed by atoms with Crippen molar-refractivity contribution in [1.82, 2.24) is 5.32 Å². The lowest BCUT2D eigenvalue weighted by Gasteiger charge is -2.08. The molecule has 2 aromatic carbocycles. The maximum Gasteiger partial charge on any atom is 0.407 e. The maximum atomic E-state index is 11.9. The minimum Gasteiger partial charge on any atom is -0.445 e. The van der Waals surface area contributed by atoms with Gasteiger partial charge in [-0.3, -0.25) is 9.59 Å². The van der Waals surface area contributed by atoms with E-state index in [1.807, 2.05) is 30.3 Å². The predicted octanol–water partition coefficient (Wildman–Crippen LogP) is 3.29. The highest BCUT2D eigenvalue weighted by atomic mass is 16.5. The predicted molar refractivity (Wildman–Crippen MR) is 103 cm³/mol. The summed E-state index contributed by atoms with van der Waals surface area (Å²) in [5.74, 6) is -0.302. The Morgan fingerprint density at radius 2 is 1.52 bits per heavy atom. The molecule has 0 bridgehead atoms. The Balaban J connectivity index is 1.60. The first-order valence-corrected chi connectivity index (χ1v) is 8.65. The number of alkyl carbamates (subject to hydrolysis) is 1. The smallest absolute Gasteiger partial charge is 0.407 e. The van der Waals surface area contributed by atoms with Gasteiger partial charge in [0.1, 0.15) is 6.61 Å². The second-order valence-corrected chi connectivity index (χ2v) is 5.90. The van der Waals surface area contributed by atoms with Crippen LogP contribution >= 0.6 is 0 Å². The number of hydrogen-bond donors (Lipinski definition) is 3. The standard InChI is InChI=1S/C20H23N3O4/c1-15(24)22-17-9-11-18(12-10-17)23-19(25)8-5-13-21-20(26)27-14-16-6-3-2-4-7-16/h2-4,6-7,9-12H,5,8,13-14H2,1H3,(H,21,26)(H,22,24)(H,23,25). The van der Waals surface area contributed by atoms with E-state index in [-0.39, 0.29) is 24.8 Å². The molecule has 0 fully saturated rings. The van der Waals surface area contributed by atoms with Crippen LogP contribution in [0.5, 0.6) is 0 Å². The summed E-state index contributed by atoms with van der Waals surface area (Å²) in [6, 6.07) is 16.2. The number of hydrogen-bond acceptors (Lipinski definition) is 4. The lowest BCUT2D eigenvalue weighted by atomic mass is 10.2. The topological polar surface area (TPSA) is 96.5 Å². The Hall–Kier alpha value is -3.35. The zero-order chi connectivity index (χ0) is 19.5. The molecule has 7 heteroatoms. The van der Waals surface area contributed by atoms with Crippen LogP contribution in [0.4, 0.5) is 16.2 Å². The molecule has 0 atom stereocenters. The van der Waals surface area contributed by atoms with Gasteiger partial charge in [0, 0.05) is 31.3 Å². The van der Waals surface area contributed by atoms with Gasteiger partial charge in [-0.1, -0.05) is 30.3 Å². The molecule has 3 amide bonds. The van der Waals surface area contributed by atoms with Crippen LogP contribution in [0.3, 0.4) is 0 Å². The molecule has 0 aliphatic rings. The fourth-order valence-electron chi connectivity index (χ4n) is 2.28. The van der Waals surface area contributed by atoms with Gasteiger partial charge in [-0.15, -0.1) is 0 Å². The largest absolute Gasteiger partial charge is 0.445 e. The third-order valence-electron chi connectivity index (χ3n) is 3.55. The van der Waals surface area contributed by atoms with E-state index in [9.17, 15) is 14.4 Å². The molecule has 2 rings (SSSR count). The van der Waals surface area contributed by atoms with Crippen molar-refractivity contribution >= 4 is 29.3 Å². The number of anilines is 2. The van der Waals surface area contributed by atoms with E-state index in [1.54, 1.807) is 24.3 Å². The molecule has 0 aliphatic heterocycles. The van der Waals surface area contributed by atoms with Gasteiger partial charge < -0.3 is 20.7 Å². The van der Waals surface area contributed by atoms with E-state index in [2.05, 4.69) is 16.0 Å². The summed E-state index contributed by atoms with van der Waals surface area (Å²) in [5, 5.41) is 8.03. The second kappa shape index (κ2) is 10.6. The van der Waals surface area contributed by atoms with E-state index >= 15 is 0 Å². The summed E-state index contributed by atoms with van der Waals surface area (Å²) in [6.07, 6.45) is 0.260. The first kappa shape index (κ1) is 20.0. The van der Waals surface area contributed by atoms with Crippen molar-refractivity contribution in [1.29, 1.82) is 0 Å². The SMILES string of the molecule is CC(=O)Nc1ccc(NC(=O)CCCNC(=O)OCc2ccccc2)cc1. The molecule has 0 heterocycles. The van der Waals surface area contributed by atoms with E-state index in [4.69, 9.17) is 4.74 Å². The molecule has 27 heavy (non-hydrogen) atoms. The third-order valence-corrected chi connectivity index (χ3v) is 3.55. The first-order chi connectivity index (χ1) is 13.0. The molecule has 142 valence electrons. The maximum absolute atomic E-state index is 11.9. The summed E-state index contributed by atoms with van der Waals surface area (Å²) in [4.78, 5) is 34.5. The van der Waals surface area contributed by atoms with Crippen LogP contribution in [-0.2, 0) is 20.9 Å². The highest BCUT2D eigenvalue weighted by Crippen LogP contribution is 2.13. The van der Waals surface area contributed by atoms with Crippen LogP contribution in [0.25, 0.3) is 0 Å². The molecule has 0 radical (unpaired) electrons. The van der Waals surface area contributed by atoms with Crippen molar-refractivity contribution in [2.24, 2.45) is 0 Å². The van der Waals surface area contributed by atoms with Crippen molar-refractivity contribution in [3.63, 3.8) is 0 Å². The Labute approximate surface area is 158 Å². The van der Waals surface area contributed by atoms with Crippen molar-refractivity contribution in [3.8, 4) is 0 Å². The molecule has 0 aliphatic carbocycles. The Morgan fingerprint density at radius 3 is 2.15 bits per heavy atom. The van der Waals surface area contributed by atoms with E-state index in [0.29, 0.717) is 24.3 Å². The number of amides is 3. The highest BCUT2D eigenvalue weighted by Gasteiger charge is 2.05. The van der Waals surface area contributed by atoms with Gasteiger partial charge in [-0.05, 0) is 36.2 Å². The van der Waals surface area contributed by atoms with Crippen LogP contribution in [0, 0.1) is 0 Å². The fourth-order valence-corrected chi connectivity index (χ4v) is 2.28. The van der Waals surface area contributed by atoms with Crippen molar-refractivity contribution < 1.29 is 19.1 Å². The van der Waals surface area contributed by atoms with Gasteiger partial charge in [0.2, 0.25) is 11.8 Å². The number of carbonyl (C=O) groups is 3. The minimum absolute atomic E-state index is 0.151. The zero-order valence-electron chi connectivity index (χ0n) is 15.2. The first-order valence-electron chi connectivity index (χ1n) is 8.65. The van der Waals surface area contributed by atoms with Crippen molar-refractivity contribution in [2.45, 2.75) is 26.4 Å². The van der Waals surface area contributed by atoms with Crippen LogP contribution in [0.2, 0.25) is 0 Å². The molecular weight excluding hydrogens is 346 g/mol. The number of nitrogens with one attached hydrogen (secondary N) is 3. The summed E-state index contributed by atoms with van der Waals surface area (Å²) >= 11 is 0. The van der Waals surface area contributed by atoms with Gasteiger partial charge in [-0.25, -0.2) is 4.79 Å². The summed E-state index contributed by atoms with van der Waals surface area (Å²) in [7, 11) is 0. The minimum atomic E-state index is -0.507. The average molecular weight is 369 g/mol. The Kier molecular flexibility index (Phi) is 7.84. The van der Waals surface area contributed by atoms with Gasteiger partial charge in [-0.2, -0.15) is 0 Å². The fraction of sp³-hybridized carbons (Fsp3) is 0.250. The Morgan fingerprint density at radius 1 is 0.889 bits per heavy atom. The summed E-state index contributed by atoms with van der Waals surface area (Å²) in [6.45, 7) is 1.99. The van der Waals surface area contributed by atoms with Gasteiger partial charge >= 0.3 is 6.09 Å². The second-order valence-electron chi connectivity index (χ2n) is 5.90. The normalized spacial score (nSPS) is 9.96. The molecule has 0 saturated heterocycles. The van der Waals surface area contributed by atoms with Gasteiger partial charge in [0.25, 0.3) is 0 Å². The lowest BCUT2D eigenvalue weighted by molar-refractivity contribution is -0.116. The third kappa shape index (κ3) is 8.04. The number of rotatable bonds is 8. The molecular formula is C20H23N3O4. The van der Waals surface area contributed by atoms with E-state index < -0.39 is 6.09 Å². The number of ether oxygens (including phenoxy) is 1. The number of benzene rings is 2. The molecule has 0 aromatic heterocycles. The highest BCUT2D eigenvalue weighted by molar-refractivity contribution is 5.92. The van der Waals surface area contributed by atoms with Crippen LogP contribution in [-0.4, -0.2) is 24.5 Å². The van der Waals surface area contributed by atoms with Crippen molar-refractivity contribution in [3.05, 3.63) is 60.2 Å². The van der Waals surface area contributed by atoms with E-state index in [0.717, 1.165) is 5.56 Å².